The lowest BCUT2D eigenvalue weighted by Gasteiger charge is -2.23. The Bertz CT molecular complexity index is 952. The number of carbonyl (C=O) groups excluding carboxylic acids is 1. The van der Waals surface area contributed by atoms with Gasteiger partial charge >= 0.3 is 0 Å². The van der Waals surface area contributed by atoms with Crippen LogP contribution in [0.2, 0.25) is 0 Å². The molecule has 3 aromatic rings. The van der Waals surface area contributed by atoms with Crippen LogP contribution < -0.4 is 4.74 Å². The maximum Gasteiger partial charge on any atom is 0.264 e. The number of ether oxygens (including phenoxy) is 2. The maximum atomic E-state index is 13.2. The molecule has 0 radical (unpaired) electrons. The maximum absolute atomic E-state index is 13.2. The normalized spacial score (nSPS) is 16.0. The second-order valence-corrected chi connectivity index (χ2v) is 8.47. The quantitative estimate of drug-likeness (QED) is 0.579. The first-order valence-electron chi connectivity index (χ1n) is 9.75. The van der Waals surface area contributed by atoms with Gasteiger partial charge in [0.1, 0.15) is 11.9 Å². The SMILES string of the molecule is Cc1ccc(C(=O)N(Cc2ccncc2)Cc2cccc(O[C@H]3CCOC3)c2)s1. The van der Waals surface area contributed by atoms with E-state index in [0.29, 0.717) is 19.7 Å². The summed E-state index contributed by atoms with van der Waals surface area (Å²) in [6.07, 6.45) is 4.53. The summed E-state index contributed by atoms with van der Waals surface area (Å²) >= 11 is 1.53. The van der Waals surface area contributed by atoms with Crippen molar-refractivity contribution in [3.05, 3.63) is 81.8 Å². The number of benzene rings is 1. The number of rotatable bonds is 7. The molecule has 6 heteroatoms. The molecule has 0 spiro atoms. The van der Waals surface area contributed by atoms with E-state index in [1.807, 2.05) is 60.4 Å². The molecule has 1 amide bonds. The second kappa shape index (κ2) is 9.20. The van der Waals surface area contributed by atoms with Crippen molar-refractivity contribution >= 4 is 17.2 Å². The van der Waals surface area contributed by atoms with Crippen molar-refractivity contribution < 1.29 is 14.3 Å². The van der Waals surface area contributed by atoms with E-state index in [1.54, 1.807) is 12.4 Å². The van der Waals surface area contributed by atoms with Gasteiger partial charge in [-0.2, -0.15) is 0 Å². The summed E-state index contributed by atoms with van der Waals surface area (Å²) in [5.41, 5.74) is 2.09. The molecule has 150 valence electrons. The number of aromatic nitrogens is 1. The van der Waals surface area contributed by atoms with E-state index in [1.165, 1.54) is 11.3 Å². The molecule has 1 fully saturated rings. The second-order valence-electron chi connectivity index (χ2n) is 7.18. The van der Waals surface area contributed by atoms with E-state index in [-0.39, 0.29) is 12.0 Å². The molecule has 0 aliphatic carbocycles. The highest BCUT2D eigenvalue weighted by Gasteiger charge is 2.20. The fourth-order valence-electron chi connectivity index (χ4n) is 3.35. The van der Waals surface area contributed by atoms with Gasteiger partial charge in [0.25, 0.3) is 5.91 Å². The van der Waals surface area contributed by atoms with Crippen LogP contribution in [0.5, 0.6) is 5.75 Å². The first-order chi connectivity index (χ1) is 14.2. The van der Waals surface area contributed by atoms with Crippen LogP contribution in [0.1, 0.15) is 32.1 Å². The smallest absolute Gasteiger partial charge is 0.264 e. The molecule has 1 aliphatic rings. The molecular formula is C23H24N2O3S. The van der Waals surface area contributed by atoms with Gasteiger partial charge in [-0.15, -0.1) is 11.3 Å². The van der Waals surface area contributed by atoms with Gasteiger partial charge < -0.3 is 14.4 Å². The number of nitrogens with zero attached hydrogens (tertiary/aromatic N) is 2. The van der Waals surface area contributed by atoms with E-state index in [4.69, 9.17) is 9.47 Å². The average Bonchev–Trinajstić information content (AvgIpc) is 3.40. The zero-order chi connectivity index (χ0) is 20.1. The molecule has 1 aromatic carbocycles. The summed E-state index contributed by atoms with van der Waals surface area (Å²) in [6.45, 7) is 4.44. The lowest BCUT2D eigenvalue weighted by molar-refractivity contribution is 0.0734. The number of hydrogen-bond acceptors (Lipinski definition) is 5. The third-order valence-electron chi connectivity index (χ3n) is 4.82. The zero-order valence-electron chi connectivity index (χ0n) is 16.4. The van der Waals surface area contributed by atoms with Gasteiger partial charge in [0.2, 0.25) is 0 Å². The van der Waals surface area contributed by atoms with Gasteiger partial charge in [-0.1, -0.05) is 12.1 Å². The Morgan fingerprint density at radius 3 is 2.72 bits per heavy atom. The monoisotopic (exact) mass is 408 g/mol. The number of pyridine rings is 1. The predicted molar refractivity (Wildman–Crippen MR) is 113 cm³/mol. The third kappa shape index (κ3) is 5.22. The van der Waals surface area contributed by atoms with Gasteiger partial charge in [0.15, 0.2) is 0 Å². The summed E-state index contributed by atoms with van der Waals surface area (Å²) in [4.78, 5) is 21.0. The van der Waals surface area contributed by atoms with Crippen LogP contribution in [0, 0.1) is 6.92 Å². The number of hydrogen-bond donors (Lipinski definition) is 0. The lowest BCUT2D eigenvalue weighted by atomic mass is 10.1. The Labute approximate surface area is 174 Å². The van der Waals surface area contributed by atoms with Crippen LogP contribution in [0.25, 0.3) is 0 Å². The van der Waals surface area contributed by atoms with E-state index in [2.05, 4.69) is 4.98 Å². The Kier molecular flexibility index (Phi) is 6.22. The molecule has 1 saturated heterocycles. The van der Waals surface area contributed by atoms with E-state index >= 15 is 0 Å². The topological polar surface area (TPSA) is 51.7 Å². The van der Waals surface area contributed by atoms with Crippen molar-refractivity contribution in [2.75, 3.05) is 13.2 Å². The Morgan fingerprint density at radius 1 is 1.17 bits per heavy atom. The molecule has 1 atom stereocenters. The summed E-state index contributed by atoms with van der Waals surface area (Å²) < 4.78 is 11.4. The number of thiophene rings is 1. The fourth-order valence-corrected chi connectivity index (χ4v) is 4.18. The summed E-state index contributed by atoms with van der Waals surface area (Å²) in [6, 6.07) is 15.8. The van der Waals surface area contributed by atoms with Crippen molar-refractivity contribution in [2.24, 2.45) is 0 Å². The molecule has 4 rings (SSSR count). The standard InChI is InChI=1S/C23H24N2O3S/c1-17-5-6-22(29-17)23(26)25(14-18-7-10-24-11-8-18)15-19-3-2-4-20(13-19)28-21-9-12-27-16-21/h2-8,10-11,13,21H,9,12,14-16H2,1H3/t21-/m0/s1. The first kappa shape index (κ1) is 19.6. The minimum absolute atomic E-state index is 0.0374. The molecule has 0 unspecified atom stereocenters. The third-order valence-corrected chi connectivity index (χ3v) is 5.81. The lowest BCUT2D eigenvalue weighted by Crippen LogP contribution is -2.29. The van der Waals surface area contributed by atoms with Crippen molar-refractivity contribution in [1.29, 1.82) is 0 Å². The zero-order valence-corrected chi connectivity index (χ0v) is 17.2. The molecular weight excluding hydrogens is 384 g/mol. The molecule has 0 bridgehead atoms. The summed E-state index contributed by atoms with van der Waals surface area (Å²) in [5.74, 6) is 0.858. The molecule has 0 saturated carbocycles. The molecule has 0 N–H and O–H groups in total. The molecule has 1 aliphatic heterocycles. The Hall–Kier alpha value is -2.70. The fraction of sp³-hybridized carbons (Fsp3) is 0.304. The summed E-state index contributed by atoms with van der Waals surface area (Å²) in [5, 5.41) is 0. The van der Waals surface area contributed by atoms with E-state index in [9.17, 15) is 4.79 Å². The highest BCUT2D eigenvalue weighted by atomic mass is 32.1. The largest absolute Gasteiger partial charge is 0.488 e. The minimum Gasteiger partial charge on any atom is -0.488 e. The Morgan fingerprint density at radius 2 is 2.00 bits per heavy atom. The predicted octanol–water partition coefficient (Wildman–Crippen LogP) is 4.46. The highest BCUT2D eigenvalue weighted by molar-refractivity contribution is 7.13. The summed E-state index contributed by atoms with van der Waals surface area (Å²) in [7, 11) is 0. The van der Waals surface area contributed by atoms with Crippen LogP contribution in [-0.2, 0) is 17.8 Å². The van der Waals surface area contributed by atoms with Gasteiger partial charge in [-0.3, -0.25) is 9.78 Å². The molecule has 29 heavy (non-hydrogen) atoms. The van der Waals surface area contributed by atoms with Crippen molar-refractivity contribution in [3.63, 3.8) is 0 Å². The minimum atomic E-state index is 0.0374. The Balaban J connectivity index is 1.53. The average molecular weight is 409 g/mol. The highest BCUT2D eigenvalue weighted by Crippen LogP contribution is 2.23. The van der Waals surface area contributed by atoms with E-state index in [0.717, 1.165) is 39.7 Å². The molecule has 5 nitrogen and oxygen atoms in total. The van der Waals surface area contributed by atoms with Gasteiger partial charge in [-0.05, 0) is 54.4 Å². The van der Waals surface area contributed by atoms with Crippen LogP contribution in [0.15, 0.2) is 60.9 Å². The van der Waals surface area contributed by atoms with Crippen molar-refractivity contribution in [2.45, 2.75) is 32.5 Å². The van der Waals surface area contributed by atoms with Gasteiger partial charge in [0, 0.05) is 36.8 Å². The molecule has 3 heterocycles. The number of carbonyl (C=O) groups is 1. The first-order valence-corrected chi connectivity index (χ1v) is 10.6. The molecule has 2 aromatic heterocycles. The van der Waals surface area contributed by atoms with Gasteiger partial charge in [-0.25, -0.2) is 0 Å². The van der Waals surface area contributed by atoms with Crippen molar-refractivity contribution in [3.8, 4) is 5.75 Å². The van der Waals surface area contributed by atoms with Crippen LogP contribution in [0.3, 0.4) is 0 Å². The van der Waals surface area contributed by atoms with Gasteiger partial charge in [0.05, 0.1) is 18.1 Å². The number of aryl methyl sites for hydroxylation is 1. The van der Waals surface area contributed by atoms with Crippen LogP contribution in [-0.4, -0.2) is 35.1 Å². The van der Waals surface area contributed by atoms with E-state index < -0.39 is 0 Å². The number of amides is 1. The van der Waals surface area contributed by atoms with Crippen LogP contribution in [0.4, 0.5) is 0 Å². The van der Waals surface area contributed by atoms with Crippen molar-refractivity contribution in [1.82, 2.24) is 9.88 Å². The van der Waals surface area contributed by atoms with Crippen LogP contribution >= 0.6 is 11.3 Å².